The molecule has 21 heteroatoms. The monoisotopic (exact) mass is 2950 g/mol. The van der Waals surface area contributed by atoms with Crippen molar-refractivity contribution in [3.8, 4) is 113 Å². The summed E-state index contributed by atoms with van der Waals surface area (Å²) in [5.41, 5.74) is 23.0. The molecule has 143 heavy (non-hydrogen) atoms. The molecule has 7 aromatic heterocycles. The molecule has 0 saturated carbocycles. The van der Waals surface area contributed by atoms with Crippen LogP contribution in [-0.2, 0) is 141 Å². The van der Waals surface area contributed by atoms with Crippen LogP contribution in [-0.4, -0.2) is 77.8 Å². The quantitative estimate of drug-likeness (QED) is 0.0459. The Morgan fingerprint density at radius 3 is 1.03 bits per heavy atom. The van der Waals surface area contributed by atoms with Crippen LogP contribution in [0.5, 0.6) is 11.5 Å². The van der Waals surface area contributed by atoms with Crippen LogP contribution in [0.1, 0.15) is 72.1 Å². The minimum atomic E-state index is -0.125. The van der Waals surface area contributed by atoms with Crippen molar-refractivity contribution in [3.05, 3.63) is 477 Å². The van der Waals surface area contributed by atoms with Crippen LogP contribution in [0.4, 0.5) is 0 Å². The van der Waals surface area contributed by atoms with Crippen LogP contribution < -0.4 is 0 Å². The molecule has 15 nitrogen and oxygen atoms in total. The Bertz CT molecular complexity index is 7390. The first-order valence-corrected chi connectivity index (χ1v) is 44.4. The molecule has 0 saturated heterocycles. The summed E-state index contributed by atoms with van der Waals surface area (Å²) in [5, 5.41) is 54.8. The molecule has 20 aromatic rings. The molecule has 5 radical (unpaired) electrons. The number of phenols is 2. The Kier molecular flexibility index (Phi) is 47.3. The van der Waals surface area contributed by atoms with Gasteiger partial charge in [-0.3, -0.25) is 24.4 Å². The number of fused-ring (bicyclic) bond motifs is 8. The first kappa shape index (κ1) is 116. The number of hydrogen-bond donors (Lipinski definition) is 5. The number of aliphatic hydroxyl groups is 3. The summed E-state index contributed by atoms with van der Waals surface area (Å²) in [6.07, 6.45) is 9.08. The number of ketones is 3. The van der Waals surface area contributed by atoms with Gasteiger partial charge in [-0.25, -0.2) is 9.97 Å². The number of pyridine rings is 7. The molecule has 1 aliphatic carbocycles. The average molecular weight is 2950 g/mol. The normalized spacial score (nSPS) is 10.9. The fraction of sp³-hybridized carbons (Fsp3) is 0.0820. The van der Waals surface area contributed by atoms with E-state index >= 15 is 0 Å². The molecule has 731 valence electrons. The molecule has 5 N–H and O–H groups in total. The van der Waals surface area contributed by atoms with Crippen molar-refractivity contribution in [2.75, 3.05) is 0 Å². The standard InChI is InChI=1S/C24H18N.C22H16N2O2.C16H12N.3C15H10N.3C5H8O2.5Ir.Pt/c1-24(2)21-10-6-5-9-19(21)20-12-11-17(15-22(20)24)23-18-8-4-3-7-16(18)13-14-25-23;25-21-13-3-1-7-15(21)17-9-5-11-19(23-17)20-12-6-10-18(24-20)16-8-2-4-14-22(16)26;1-12-6-5-9-16-14(12)10-11-15(17-16)13-7-3-2-4-8-13;2*1-2-7-13(8-3-1)15-14-9-5-4-6-12(14)10-11-16-15;1-2-6-12(7-3-1)15-11-10-13-8-4-5-9-14(13)16-15;3*1-4(6)3-5(2)7;;;;;;/h3-10,12-15H,1-2H3;1-14,25-26H;2-7,9-11H,1H3;2*1-7,9-11H;1-6,8-11H;3*3,6H,1-2H3;;;;;;/q-1;;4*-1;;;;;;;;;. The van der Waals surface area contributed by atoms with E-state index in [-0.39, 0.29) is 173 Å². The van der Waals surface area contributed by atoms with E-state index in [1.54, 1.807) is 24.3 Å². The van der Waals surface area contributed by atoms with Gasteiger partial charge in [-0.2, -0.15) is 0 Å². The summed E-state index contributed by atoms with van der Waals surface area (Å²) in [7, 11) is 0. The largest absolute Gasteiger partial charge is 0.512 e. The van der Waals surface area contributed by atoms with Crippen LogP contribution in [0.3, 0.4) is 0 Å². The fourth-order valence-corrected chi connectivity index (χ4v) is 15.4. The number of para-hydroxylation sites is 3. The molecule has 7 heterocycles. The van der Waals surface area contributed by atoms with Gasteiger partial charge >= 0.3 is 0 Å². The zero-order chi connectivity index (χ0) is 96.6. The Balaban J connectivity index is 0.000000224. The average Bonchev–Trinajstić information content (AvgIpc) is 1.58. The van der Waals surface area contributed by atoms with Crippen molar-refractivity contribution in [2.45, 2.75) is 67.7 Å². The van der Waals surface area contributed by atoms with Gasteiger partial charge in [-0.1, -0.05) is 213 Å². The summed E-state index contributed by atoms with van der Waals surface area (Å²) in [4.78, 5) is 62.2. The Hall–Kier alpha value is -13.6. The molecule has 0 aliphatic heterocycles. The van der Waals surface area contributed by atoms with E-state index in [1.165, 1.54) is 131 Å². The second-order valence-corrected chi connectivity index (χ2v) is 32.4. The van der Waals surface area contributed by atoms with Crippen molar-refractivity contribution in [2.24, 2.45) is 0 Å². The molecule has 0 fully saturated rings. The van der Waals surface area contributed by atoms with E-state index in [4.69, 9.17) is 15.3 Å². The predicted molar refractivity (Wildman–Crippen MR) is 555 cm³/mol. The smallest absolute Gasteiger partial charge is 0.155 e. The summed E-state index contributed by atoms with van der Waals surface area (Å²) >= 11 is 0. The van der Waals surface area contributed by atoms with Crippen LogP contribution >= 0.6 is 0 Å². The summed E-state index contributed by atoms with van der Waals surface area (Å²) in [6, 6.07) is 140. The third-order valence-electron chi connectivity index (χ3n) is 21.6. The summed E-state index contributed by atoms with van der Waals surface area (Å²) in [5.74, 6) is 0.189. The first-order chi connectivity index (χ1) is 66.4. The maximum atomic E-state index is 10.1. The number of aryl methyl sites for hydroxylation is 1. The van der Waals surface area contributed by atoms with E-state index < -0.39 is 0 Å². The fourth-order valence-electron chi connectivity index (χ4n) is 15.4. The molecule has 0 unspecified atom stereocenters. The van der Waals surface area contributed by atoms with Crippen molar-refractivity contribution in [3.63, 3.8) is 0 Å². The SMILES string of the molecule is CC(=O)C=C(C)O.CC(=O)C=C(C)O.CC(=O)C=C(C)O.CC1(C)c2ccccc2-c2c[c-]c(-c3nccc4ccccc34)cc21.Cc1cccc2nc(-c3[c-]cccc3)ccc12.Oc1ccccc1-c1cccc(-c2cccc(-c3ccccc3O)n2)n1.[Ir].[Ir].[Ir].[Ir].[Ir].[Pt].[c-]1ccccc1-c1ccc2ccccc2n1.[c-]1ccccc1-c1nccc2ccccc12.[c-]1ccccc1-c1nccc2ccccc12. The second-order valence-electron chi connectivity index (χ2n) is 32.4. The van der Waals surface area contributed by atoms with Crippen LogP contribution in [0.15, 0.2) is 430 Å². The van der Waals surface area contributed by atoms with Gasteiger partial charge in [0, 0.05) is 175 Å². The molecular weight excluding hydrogens is 2850 g/mol. The van der Waals surface area contributed by atoms with E-state index in [9.17, 15) is 24.6 Å². The first-order valence-electron chi connectivity index (χ1n) is 44.4. The number of allylic oxidation sites excluding steroid dienone is 6. The van der Waals surface area contributed by atoms with E-state index in [2.05, 4.69) is 213 Å². The zero-order valence-corrected chi connectivity index (χ0v) is 93.6. The van der Waals surface area contributed by atoms with E-state index in [0.717, 1.165) is 67.3 Å². The predicted octanol–water partition coefficient (Wildman–Crippen LogP) is 29.1. The topological polar surface area (TPSA) is 243 Å². The minimum absolute atomic E-state index is 0. The number of carbonyl (C=O) groups is 3. The van der Waals surface area contributed by atoms with Gasteiger partial charge < -0.3 is 40.5 Å². The second kappa shape index (κ2) is 58.1. The van der Waals surface area contributed by atoms with Gasteiger partial charge in [0.1, 0.15) is 11.5 Å². The number of rotatable bonds is 11. The van der Waals surface area contributed by atoms with Gasteiger partial charge in [0.25, 0.3) is 0 Å². The van der Waals surface area contributed by atoms with Crippen molar-refractivity contribution in [1.82, 2.24) is 34.9 Å². The van der Waals surface area contributed by atoms with Crippen molar-refractivity contribution in [1.29, 1.82) is 0 Å². The number of carbonyl (C=O) groups excluding carboxylic acids is 3. The molecule has 0 bridgehead atoms. The molecular formula is C122H100Ir5N7O8Pt-5. The number of aromatic nitrogens is 7. The van der Waals surface area contributed by atoms with Gasteiger partial charge in [0.05, 0.1) is 51.1 Å². The van der Waals surface area contributed by atoms with Crippen molar-refractivity contribution >= 4 is 71.5 Å². The molecule has 1 aliphatic rings. The Labute approximate surface area is 916 Å². The van der Waals surface area contributed by atoms with Gasteiger partial charge in [-0.15, -0.1) is 173 Å². The summed E-state index contributed by atoms with van der Waals surface area (Å²) < 4.78 is 0. The van der Waals surface area contributed by atoms with Crippen LogP contribution in [0.25, 0.3) is 155 Å². The number of benzene rings is 13. The number of aromatic hydroxyl groups is 2. The maximum absolute atomic E-state index is 10.1. The van der Waals surface area contributed by atoms with E-state index in [1.807, 2.05) is 243 Å². The van der Waals surface area contributed by atoms with E-state index in [0.29, 0.717) is 33.9 Å². The zero-order valence-electron chi connectivity index (χ0n) is 79.3. The Morgan fingerprint density at radius 2 is 0.629 bits per heavy atom. The third-order valence-corrected chi connectivity index (χ3v) is 21.6. The van der Waals surface area contributed by atoms with Crippen LogP contribution in [0, 0.1) is 37.3 Å². The summed E-state index contributed by atoms with van der Waals surface area (Å²) in [6.45, 7) is 15.3. The van der Waals surface area contributed by atoms with Crippen LogP contribution in [0.2, 0.25) is 0 Å². The number of aliphatic hydroxyl groups excluding tert-OH is 3. The molecule has 21 rings (SSSR count). The minimum Gasteiger partial charge on any atom is -0.512 e. The molecule has 0 spiro atoms. The van der Waals surface area contributed by atoms with Crippen molar-refractivity contribution < 1.29 is 162 Å². The molecule has 13 aromatic carbocycles. The Morgan fingerprint density at radius 1 is 0.287 bits per heavy atom. The number of phenolic OH excluding ortho intramolecular Hbond substituents is 2. The maximum Gasteiger partial charge on any atom is 0.155 e. The van der Waals surface area contributed by atoms with Gasteiger partial charge in [0.2, 0.25) is 0 Å². The third kappa shape index (κ3) is 32.7. The molecule has 0 amide bonds. The molecule has 0 atom stereocenters. The number of hydrogen-bond acceptors (Lipinski definition) is 15. The van der Waals surface area contributed by atoms with Gasteiger partial charge in [-0.05, 0) is 210 Å². The number of nitrogens with zero attached hydrogens (tertiary/aromatic N) is 7. The van der Waals surface area contributed by atoms with Gasteiger partial charge in [0.15, 0.2) is 17.3 Å².